The Bertz CT molecular complexity index is 406. The lowest BCUT2D eigenvalue weighted by molar-refractivity contribution is 0.905. The molecule has 1 heterocycles. The molecule has 1 aliphatic rings. The van der Waals surface area contributed by atoms with Crippen LogP contribution in [0.4, 0.5) is 11.4 Å². The molecule has 0 bridgehead atoms. The Labute approximate surface area is 114 Å². The number of nitrogens with two attached hydrogens (primary N) is 1. The highest BCUT2D eigenvalue weighted by Crippen LogP contribution is 2.21. The molecule has 0 aliphatic carbocycles. The zero-order chi connectivity index (χ0) is 13.5. The van der Waals surface area contributed by atoms with Crippen LogP contribution in [-0.2, 0) is 0 Å². The molecule has 104 valence electrons. The fourth-order valence-electron chi connectivity index (χ4n) is 2.21. The molecule has 0 aromatic heterocycles. The topological polar surface area (TPSA) is 65.7 Å². The van der Waals surface area contributed by atoms with E-state index in [0.717, 1.165) is 18.7 Å². The van der Waals surface area contributed by atoms with Crippen molar-refractivity contribution in [3.8, 4) is 0 Å². The molecule has 0 unspecified atom stereocenters. The standard InChI is InChI=1S/C14H23N5/c1-2-9-16-14(18-15)17-12-5-7-13(8-6-12)19-10-3-4-11-19/h5-8H,2-4,9-11,15H2,1H3,(H2,16,17,18). The quantitative estimate of drug-likeness (QED) is 0.335. The molecule has 0 amide bonds. The van der Waals surface area contributed by atoms with Gasteiger partial charge >= 0.3 is 0 Å². The maximum absolute atomic E-state index is 5.44. The van der Waals surface area contributed by atoms with E-state index in [9.17, 15) is 0 Å². The third-order valence-corrected chi connectivity index (χ3v) is 3.23. The Kier molecular flexibility index (Phi) is 5.03. The summed E-state index contributed by atoms with van der Waals surface area (Å²) in [7, 11) is 0. The molecule has 0 saturated carbocycles. The van der Waals surface area contributed by atoms with Gasteiger partial charge in [-0.15, -0.1) is 0 Å². The average Bonchev–Trinajstić information content (AvgIpc) is 2.98. The van der Waals surface area contributed by atoms with E-state index < -0.39 is 0 Å². The normalized spacial score (nSPS) is 15.7. The predicted octanol–water partition coefficient (Wildman–Crippen LogP) is 1.93. The Hall–Kier alpha value is -1.75. The molecule has 1 saturated heterocycles. The lowest BCUT2D eigenvalue weighted by Gasteiger charge is -2.18. The van der Waals surface area contributed by atoms with Crippen LogP contribution >= 0.6 is 0 Å². The highest BCUT2D eigenvalue weighted by Gasteiger charge is 2.11. The van der Waals surface area contributed by atoms with E-state index in [0.29, 0.717) is 5.96 Å². The lowest BCUT2D eigenvalue weighted by Crippen LogP contribution is -2.36. The first-order chi connectivity index (χ1) is 9.33. The third-order valence-electron chi connectivity index (χ3n) is 3.23. The third kappa shape index (κ3) is 3.86. The van der Waals surface area contributed by atoms with Crippen molar-refractivity contribution in [1.29, 1.82) is 0 Å². The number of hydrogen-bond donors (Lipinski definition) is 3. The molecule has 1 aliphatic heterocycles. The fourth-order valence-corrected chi connectivity index (χ4v) is 2.21. The van der Waals surface area contributed by atoms with Crippen LogP contribution in [0.2, 0.25) is 0 Å². The minimum atomic E-state index is 0.607. The van der Waals surface area contributed by atoms with Gasteiger partial charge in [-0.3, -0.25) is 10.4 Å². The molecule has 5 heteroatoms. The predicted molar refractivity (Wildman–Crippen MR) is 81.4 cm³/mol. The van der Waals surface area contributed by atoms with Gasteiger partial charge in [0.05, 0.1) is 0 Å². The van der Waals surface area contributed by atoms with E-state index in [2.05, 4.69) is 51.8 Å². The zero-order valence-corrected chi connectivity index (χ0v) is 11.5. The van der Waals surface area contributed by atoms with E-state index in [1.807, 2.05) is 0 Å². The van der Waals surface area contributed by atoms with Gasteiger partial charge in [-0.1, -0.05) is 6.92 Å². The maximum atomic E-state index is 5.44. The summed E-state index contributed by atoms with van der Waals surface area (Å²) in [4.78, 5) is 6.73. The van der Waals surface area contributed by atoms with E-state index in [1.165, 1.54) is 31.6 Å². The smallest absolute Gasteiger partial charge is 0.210 e. The van der Waals surface area contributed by atoms with E-state index in [4.69, 9.17) is 5.84 Å². The minimum absolute atomic E-state index is 0.607. The van der Waals surface area contributed by atoms with Crippen molar-refractivity contribution >= 4 is 17.3 Å². The molecule has 0 atom stereocenters. The minimum Gasteiger partial charge on any atom is -0.372 e. The summed E-state index contributed by atoms with van der Waals surface area (Å²) in [6.45, 7) is 5.18. The van der Waals surface area contributed by atoms with Gasteiger partial charge in [0.1, 0.15) is 0 Å². The van der Waals surface area contributed by atoms with Crippen LogP contribution in [0.25, 0.3) is 0 Å². The number of nitrogens with zero attached hydrogens (tertiary/aromatic N) is 2. The number of nitrogens with one attached hydrogen (secondary N) is 2. The summed E-state index contributed by atoms with van der Waals surface area (Å²) in [5.41, 5.74) is 4.87. The van der Waals surface area contributed by atoms with Crippen molar-refractivity contribution in [3.63, 3.8) is 0 Å². The number of anilines is 2. The number of rotatable bonds is 4. The molecule has 1 aromatic rings. The van der Waals surface area contributed by atoms with Crippen LogP contribution in [0.3, 0.4) is 0 Å². The maximum Gasteiger partial charge on any atom is 0.210 e. The van der Waals surface area contributed by atoms with Gasteiger partial charge in [0.15, 0.2) is 0 Å². The molecule has 5 nitrogen and oxygen atoms in total. The number of hydrogen-bond acceptors (Lipinski definition) is 3. The molecule has 2 rings (SSSR count). The molecule has 4 N–H and O–H groups in total. The summed E-state index contributed by atoms with van der Waals surface area (Å²) < 4.78 is 0. The van der Waals surface area contributed by atoms with Crippen LogP contribution in [0.5, 0.6) is 0 Å². The van der Waals surface area contributed by atoms with Gasteiger partial charge in [-0.25, -0.2) is 5.84 Å². The van der Waals surface area contributed by atoms with Crippen LogP contribution in [0, 0.1) is 0 Å². The summed E-state index contributed by atoms with van der Waals surface area (Å²) >= 11 is 0. The number of aliphatic imine (C=N–C) groups is 1. The van der Waals surface area contributed by atoms with Gasteiger partial charge < -0.3 is 10.2 Å². The summed E-state index contributed by atoms with van der Waals surface area (Å²) in [6, 6.07) is 8.40. The Morgan fingerprint density at radius 2 is 1.95 bits per heavy atom. The molecular weight excluding hydrogens is 238 g/mol. The lowest BCUT2D eigenvalue weighted by atomic mass is 10.2. The molecule has 0 spiro atoms. The zero-order valence-electron chi connectivity index (χ0n) is 11.5. The van der Waals surface area contributed by atoms with Crippen molar-refractivity contribution in [2.45, 2.75) is 26.2 Å². The first kappa shape index (κ1) is 13.7. The van der Waals surface area contributed by atoms with E-state index >= 15 is 0 Å². The van der Waals surface area contributed by atoms with Gasteiger partial charge in [0.25, 0.3) is 0 Å². The van der Waals surface area contributed by atoms with Crippen molar-refractivity contribution in [2.75, 3.05) is 29.9 Å². The monoisotopic (exact) mass is 261 g/mol. The fraction of sp³-hybridized carbons (Fsp3) is 0.500. The van der Waals surface area contributed by atoms with Crippen LogP contribution in [0.15, 0.2) is 29.3 Å². The second-order valence-electron chi connectivity index (χ2n) is 4.74. The SMILES string of the molecule is CCCN=C(NN)Nc1ccc(N2CCCC2)cc1. The summed E-state index contributed by atoms with van der Waals surface area (Å²) in [6.07, 6.45) is 3.59. The molecule has 0 radical (unpaired) electrons. The largest absolute Gasteiger partial charge is 0.372 e. The first-order valence-electron chi connectivity index (χ1n) is 6.96. The van der Waals surface area contributed by atoms with Crippen LogP contribution in [-0.4, -0.2) is 25.6 Å². The first-order valence-corrected chi connectivity index (χ1v) is 6.96. The van der Waals surface area contributed by atoms with Crippen LogP contribution < -0.4 is 21.5 Å². The molecule has 1 fully saturated rings. The van der Waals surface area contributed by atoms with Crippen molar-refractivity contribution in [3.05, 3.63) is 24.3 Å². The van der Waals surface area contributed by atoms with Gasteiger partial charge in [-0.2, -0.15) is 0 Å². The Balaban J connectivity index is 1.97. The van der Waals surface area contributed by atoms with Crippen molar-refractivity contribution in [1.82, 2.24) is 5.43 Å². The Morgan fingerprint density at radius 1 is 1.26 bits per heavy atom. The van der Waals surface area contributed by atoms with E-state index in [1.54, 1.807) is 0 Å². The second-order valence-corrected chi connectivity index (χ2v) is 4.74. The highest BCUT2D eigenvalue weighted by atomic mass is 15.3. The van der Waals surface area contributed by atoms with E-state index in [-0.39, 0.29) is 0 Å². The van der Waals surface area contributed by atoms with Gasteiger partial charge in [0.2, 0.25) is 5.96 Å². The Morgan fingerprint density at radius 3 is 2.53 bits per heavy atom. The summed E-state index contributed by atoms with van der Waals surface area (Å²) in [5, 5.41) is 3.18. The number of benzene rings is 1. The summed E-state index contributed by atoms with van der Waals surface area (Å²) in [5.74, 6) is 6.05. The number of guanidine groups is 1. The molecular formula is C14H23N5. The average molecular weight is 261 g/mol. The second kappa shape index (κ2) is 6.99. The highest BCUT2D eigenvalue weighted by molar-refractivity contribution is 5.93. The molecule has 1 aromatic carbocycles. The van der Waals surface area contributed by atoms with Crippen molar-refractivity contribution in [2.24, 2.45) is 10.8 Å². The number of hydrazine groups is 1. The van der Waals surface area contributed by atoms with Gasteiger partial charge in [-0.05, 0) is 43.5 Å². The molecule has 19 heavy (non-hydrogen) atoms. The van der Waals surface area contributed by atoms with Crippen molar-refractivity contribution < 1.29 is 0 Å². The van der Waals surface area contributed by atoms with Gasteiger partial charge in [0, 0.05) is 31.0 Å². The van der Waals surface area contributed by atoms with Crippen LogP contribution in [0.1, 0.15) is 26.2 Å².